The van der Waals surface area contributed by atoms with Crippen LogP contribution in [0.3, 0.4) is 0 Å². The highest BCUT2D eigenvalue weighted by Crippen LogP contribution is 2.29. The molecule has 0 aliphatic rings. The number of aliphatic carboxylic acids is 1. The molecule has 1 aromatic carbocycles. The van der Waals surface area contributed by atoms with Crippen LogP contribution in [0.25, 0.3) is 11.0 Å². The van der Waals surface area contributed by atoms with Gasteiger partial charge in [-0.3, -0.25) is 9.59 Å². The number of carboxylic acids is 1. The Morgan fingerprint density at radius 1 is 1.29 bits per heavy atom. The molecule has 0 saturated carbocycles. The van der Waals surface area contributed by atoms with Gasteiger partial charge in [-0.25, -0.2) is 4.79 Å². The number of carboxylic acid groups (broad SMARTS) is 1. The van der Waals surface area contributed by atoms with Gasteiger partial charge in [0.2, 0.25) is 0 Å². The highest BCUT2D eigenvalue weighted by molar-refractivity contribution is 6.02. The first-order valence-electron chi connectivity index (χ1n) is 6.09. The zero-order valence-corrected chi connectivity index (χ0v) is 11.4. The second-order valence-corrected chi connectivity index (χ2v) is 4.57. The number of nitrogens with one attached hydrogen (secondary N) is 1. The van der Waals surface area contributed by atoms with Crippen LogP contribution in [0.4, 0.5) is 0 Å². The van der Waals surface area contributed by atoms with E-state index in [9.17, 15) is 19.5 Å². The maximum Gasteiger partial charge on any atom is 0.353 e. The number of hydrogen-bond acceptors (Lipinski definition) is 5. The Bertz CT molecular complexity index is 805. The van der Waals surface area contributed by atoms with Gasteiger partial charge in [0.05, 0.1) is 5.39 Å². The van der Waals surface area contributed by atoms with Crippen molar-refractivity contribution >= 4 is 22.8 Å². The average molecular weight is 291 g/mol. The number of carbonyl (C=O) groups excluding carboxylic acids is 1. The van der Waals surface area contributed by atoms with E-state index in [1.54, 1.807) is 13.0 Å². The van der Waals surface area contributed by atoms with E-state index in [-0.39, 0.29) is 11.0 Å². The molecule has 1 amide bonds. The van der Waals surface area contributed by atoms with E-state index in [4.69, 9.17) is 9.52 Å². The van der Waals surface area contributed by atoms with Gasteiger partial charge in [0, 0.05) is 0 Å². The van der Waals surface area contributed by atoms with E-state index in [2.05, 4.69) is 0 Å². The molecule has 110 valence electrons. The average Bonchev–Trinajstić information content (AvgIpc) is 2.41. The molecule has 0 radical (unpaired) electrons. The predicted octanol–water partition coefficient (Wildman–Crippen LogP) is 0.930. The molecule has 7 nitrogen and oxygen atoms in total. The van der Waals surface area contributed by atoms with Crippen molar-refractivity contribution in [2.75, 3.05) is 6.54 Å². The molecule has 0 unspecified atom stereocenters. The first-order valence-corrected chi connectivity index (χ1v) is 6.09. The van der Waals surface area contributed by atoms with Crippen LogP contribution in [-0.4, -0.2) is 28.6 Å². The van der Waals surface area contributed by atoms with Gasteiger partial charge in [-0.05, 0) is 31.0 Å². The maximum absolute atomic E-state index is 11.9. The minimum Gasteiger partial charge on any atom is -0.506 e. The summed E-state index contributed by atoms with van der Waals surface area (Å²) in [4.78, 5) is 34.1. The number of rotatable bonds is 3. The van der Waals surface area contributed by atoms with Crippen molar-refractivity contribution in [1.29, 1.82) is 0 Å². The first kappa shape index (κ1) is 14.6. The lowest BCUT2D eigenvalue weighted by Crippen LogP contribution is -2.32. The van der Waals surface area contributed by atoms with Gasteiger partial charge in [0.1, 0.15) is 17.9 Å². The number of hydrogen-bond donors (Lipinski definition) is 3. The summed E-state index contributed by atoms with van der Waals surface area (Å²) in [6, 6.07) is 3.25. The molecule has 0 fully saturated rings. The Hall–Kier alpha value is -2.83. The third-order valence-electron chi connectivity index (χ3n) is 3.19. The molecule has 1 heterocycles. The summed E-state index contributed by atoms with van der Waals surface area (Å²) in [6.07, 6.45) is 0. The van der Waals surface area contributed by atoms with Crippen LogP contribution in [0.5, 0.6) is 5.75 Å². The minimum atomic E-state index is -1.26. The molecule has 0 aliphatic heterocycles. The van der Waals surface area contributed by atoms with Crippen LogP contribution in [0.1, 0.15) is 21.5 Å². The van der Waals surface area contributed by atoms with Gasteiger partial charge in [-0.2, -0.15) is 0 Å². The molecule has 0 bridgehead atoms. The van der Waals surface area contributed by atoms with E-state index < -0.39 is 35.4 Å². The molecule has 2 rings (SSSR count). The van der Waals surface area contributed by atoms with Crippen molar-refractivity contribution in [3.63, 3.8) is 0 Å². The molecule has 2 aromatic rings. The largest absolute Gasteiger partial charge is 0.506 e. The molecular weight excluding hydrogens is 278 g/mol. The summed E-state index contributed by atoms with van der Waals surface area (Å²) < 4.78 is 5.09. The maximum atomic E-state index is 11.9. The summed E-state index contributed by atoms with van der Waals surface area (Å²) in [5.41, 5.74) is 0.126. The second-order valence-electron chi connectivity index (χ2n) is 4.57. The zero-order valence-electron chi connectivity index (χ0n) is 11.4. The lowest BCUT2D eigenvalue weighted by Gasteiger charge is -2.09. The minimum absolute atomic E-state index is 0.201. The molecule has 0 spiro atoms. The number of fused-ring (bicyclic) bond motifs is 1. The number of benzene rings is 1. The molecule has 7 heteroatoms. The summed E-state index contributed by atoms with van der Waals surface area (Å²) in [5.74, 6) is -2.78. The van der Waals surface area contributed by atoms with Crippen LogP contribution < -0.4 is 10.9 Å². The van der Waals surface area contributed by atoms with Crippen LogP contribution in [0.2, 0.25) is 0 Å². The molecule has 1 aromatic heterocycles. The monoisotopic (exact) mass is 291 g/mol. The van der Waals surface area contributed by atoms with E-state index >= 15 is 0 Å². The highest BCUT2D eigenvalue weighted by Gasteiger charge is 2.22. The van der Waals surface area contributed by atoms with Crippen molar-refractivity contribution in [1.82, 2.24) is 5.32 Å². The van der Waals surface area contributed by atoms with Crippen molar-refractivity contribution in [3.8, 4) is 5.75 Å². The Morgan fingerprint density at radius 3 is 2.57 bits per heavy atom. The van der Waals surface area contributed by atoms with Crippen LogP contribution in [0, 0.1) is 13.8 Å². The smallest absolute Gasteiger partial charge is 0.353 e. The zero-order chi connectivity index (χ0) is 15.7. The molecule has 0 aliphatic carbocycles. The normalized spacial score (nSPS) is 10.6. The quantitative estimate of drug-likeness (QED) is 0.724. The van der Waals surface area contributed by atoms with E-state index in [0.29, 0.717) is 5.56 Å². The van der Waals surface area contributed by atoms with Gasteiger partial charge >= 0.3 is 11.6 Å². The third kappa shape index (κ3) is 2.58. The van der Waals surface area contributed by atoms with Gasteiger partial charge < -0.3 is 19.9 Å². The molecule has 3 N–H and O–H groups in total. The number of carbonyl (C=O) groups is 2. The summed E-state index contributed by atoms with van der Waals surface area (Å²) in [6.45, 7) is 2.88. The van der Waals surface area contributed by atoms with Gasteiger partial charge in [-0.15, -0.1) is 0 Å². The van der Waals surface area contributed by atoms with Crippen molar-refractivity contribution in [2.24, 2.45) is 0 Å². The first-order chi connectivity index (χ1) is 9.82. The van der Waals surface area contributed by atoms with Crippen molar-refractivity contribution < 1.29 is 24.2 Å². The Morgan fingerprint density at radius 2 is 1.95 bits per heavy atom. The fourth-order valence-electron chi connectivity index (χ4n) is 1.93. The summed E-state index contributed by atoms with van der Waals surface area (Å²) in [7, 11) is 0. The summed E-state index contributed by atoms with van der Waals surface area (Å²) in [5, 5.41) is 20.9. The fraction of sp³-hybridized carbons (Fsp3) is 0.214. The van der Waals surface area contributed by atoms with Crippen molar-refractivity contribution in [3.05, 3.63) is 39.2 Å². The summed E-state index contributed by atoms with van der Waals surface area (Å²) >= 11 is 0. The Balaban J connectivity index is 2.62. The molecule has 0 atom stereocenters. The number of amides is 1. The second kappa shape index (κ2) is 5.28. The van der Waals surface area contributed by atoms with E-state index in [1.165, 1.54) is 6.07 Å². The number of aryl methyl sites for hydroxylation is 2. The standard InChI is InChI=1S/C14H13NO6/c1-6-3-4-8-11(18)10(13(19)15-5-9(16)17)14(20)21-12(8)7(6)2/h3-4,18H,5H2,1-2H3,(H,15,19)(H,16,17). The van der Waals surface area contributed by atoms with Crippen LogP contribution in [0.15, 0.2) is 21.3 Å². The number of aromatic hydroxyl groups is 1. The predicted molar refractivity (Wildman–Crippen MR) is 73.6 cm³/mol. The highest BCUT2D eigenvalue weighted by atomic mass is 16.4. The van der Waals surface area contributed by atoms with Gasteiger partial charge in [-0.1, -0.05) is 6.07 Å². The van der Waals surface area contributed by atoms with E-state index in [1.807, 2.05) is 12.2 Å². The third-order valence-corrected chi connectivity index (χ3v) is 3.19. The molecular formula is C14H13NO6. The Labute approximate surface area is 118 Å². The lowest BCUT2D eigenvalue weighted by molar-refractivity contribution is -0.135. The van der Waals surface area contributed by atoms with E-state index in [0.717, 1.165) is 5.56 Å². The van der Waals surface area contributed by atoms with Crippen molar-refractivity contribution in [2.45, 2.75) is 13.8 Å². The molecule has 21 heavy (non-hydrogen) atoms. The lowest BCUT2D eigenvalue weighted by atomic mass is 10.0. The SMILES string of the molecule is Cc1ccc2c(O)c(C(=O)NCC(=O)O)c(=O)oc2c1C. The van der Waals surface area contributed by atoms with Crippen LogP contribution >= 0.6 is 0 Å². The van der Waals surface area contributed by atoms with Gasteiger partial charge in [0.25, 0.3) is 5.91 Å². The molecule has 0 saturated heterocycles. The topological polar surface area (TPSA) is 117 Å². The Kier molecular flexibility index (Phi) is 3.66. The van der Waals surface area contributed by atoms with Crippen LogP contribution in [-0.2, 0) is 4.79 Å². The van der Waals surface area contributed by atoms with Gasteiger partial charge in [0.15, 0.2) is 5.56 Å². The fourth-order valence-corrected chi connectivity index (χ4v) is 1.93.